The maximum Gasteiger partial charge on any atom is 0.331 e. The lowest BCUT2D eigenvalue weighted by Gasteiger charge is -2.08. The average molecular weight is 178 g/mol. The number of carbonyl (C=O) groups excluding carboxylic acids is 1. The van der Waals surface area contributed by atoms with Crippen molar-refractivity contribution in [2.45, 2.75) is 6.10 Å². The van der Waals surface area contributed by atoms with E-state index in [1.54, 1.807) is 12.1 Å². The van der Waals surface area contributed by atoms with E-state index < -0.39 is 12.1 Å². The molecule has 3 heteroatoms. The quantitative estimate of drug-likeness (QED) is 0.403. The van der Waals surface area contributed by atoms with Crippen molar-refractivity contribution in [2.24, 2.45) is 0 Å². The van der Waals surface area contributed by atoms with Gasteiger partial charge >= 0.3 is 5.97 Å². The summed E-state index contributed by atoms with van der Waals surface area (Å²) in [4.78, 5) is 10.8. The normalized spacial score (nSPS) is 11.7. The molecular formula is C10H10O3. The van der Waals surface area contributed by atoms with Crippen molar-refractivity contribution in [1.29, 1.82) is 0 Å². The molecule has 0 aliphatic rings. The van der Waals surface area contributed by atoms with E-state index >= 15 is 0 Å². The molecule has 1 aromatic heterocycles. The van der Waals surface area contributed by atoms with Gasteiger partial charge in [-0.25, -0.2) is 4.79 Å². The Kier molecular flexibility index (Phi) is 3.09. The van der Waals surface area contributed by atoms with Crippen molar-refractivity contribution < 1.29 is 13.9 Å². The van der Waals surface area contributed by atoms with E-state index in [4.69, 9.17) is 9.15 Å². The van der Waals surface area contributed by atoms with Gasteiger partial charge in [-0.2, -0.15) is 0 Å². The van der Waals surface area contributed by atoms with Crippen molar-refractivity contribution in [3.8, 4) is 0 Å². The van der Waals surface area contributed by atoms with E-state index in [9.17, 15) is 4.79 Å². The van der Waals surface area contributed by atoms with E-state index in [0.717, 1.165) is 6.08 Å². The maximum atomic E-state index is 10.8. The number of carbonyl (C=O) groups is 1. The van der Waals surface area contributed by atoms with Crippen LogP contribution in [0.25, 0.3) is 0 Å². The summed E-state index contributed by atoms with van der Waals surface area (Å²) in [5, 5.41) is 0. The van der Waals surface area contributed by atoms with Gasteiger partial charge in [-0.05, 0) is 18.2 Å². The Balaban J connectivity index is 2.69. The van der Waals surface area contributed by atoms with Crippen molar-refractivity contribution in [3.05, 3.63) is 49.5 Å². The van der Waals surface area contributed by atoms with Crippen LogP contribution in [0.1, 0.15) is 11.9 Å². The molecule has 1 rings (SSSR count). The first-order chi connectivity index (χ1) is 6.27. The Morgan fingerprint density at radius 2 is 2.38 bits per heavy atom. The van der Waals surface area contributed by atoms with Crippen LogP contribution in [0, 0.1) is 0 Å². The lowest BCUT2D eigenvalue weighted by Crippen LogP contribution is -2.05. The number of rotatable bonds is 4. The third kappa shape index (κ3) is 2.33. The fraction of sp³-hybridized carbons (Fsp3) is 0.100. The molecule has 68 valence electrons. The molecular weight excluding hydrogens is 168 g/mol. The van der Waals surface area contributed by atoms with Gasteiger partial charge in [0.15, 0.2) is 6.10 Å². The molecule has 1 heterocycles. The smallest absolute Gasteiger partial charge is 0.331 e. The fourth-order valence-corrected chi connectivity index (χ4v) is 0.849. The maximum absolute atomic E-state index is 10.8. The molecule has 0 spiro atoms. The third-order valence-corrected chi connectivity index (χ3v) is 1.45. The highest BCUT2D eigenvalue weighted by molar-refractivity contribution is 5.81. The zero-order valence-electron chi connectivity index (χ0n) is 7.10. The lowest BCUT2D eigenvalue weighted by atomic mass is 10.3. The number of esters is 1. The number of hydrogen-bond acceptors (Lipinski definition) is 3. The van der Waals surface area contributed by atoms with E-state index in [-0.39, 0.29) is 0 Å². The van der Waals surface area contributed by atoms with E-state index in [0.29, 0.717) is 5.76 Å². The minimum atomic E-state index is -0.541. The molecule has 0 N–H and O–H groups in total. The summed E-state index contributed by atoms with van der Waals surface area (Å²) in [5.74, 6) is 0.0477. The van der Waals surface area contributed by atoms with Crippen LogP contribution in [0.15, 0.2) is 48.1 Å². The van der Waals surface area contributed by atoms with Gasteiger partial charge in [0.1, 0.15) is 5.76 Å². The second kappa shape index (κ2) is 4.30. The highest BCUT2D eigenvalue weighted by atomic mass is 16.5. The Hall–Kier alpha value is -1.77. The summed E-state index contributed by atoms with van der Waals surface area (Å²) in [6.07, 6.45) is 3.55. The minimum absolute atomic E-state index is 0.499. The van der Waals surface area contributed by atoms with Crippen molar-refractivity contribution in [1.82, 2.24) is 0 Å². The van der Waals surface area contributed by atoms with Crippen LogP contribution in [0.5, 0.6) is 0 Å². The summed E-state index contributed by atoms with van der Waals surface area (Å²) in [6, 6.07) is 3.43. The van der Waals surface area contributed by atoms with Gasteiger partial charge < -0.3 is 9.15 Å². The predicted molar refractivity (Wildman–Crippen MR) is 47.9 cm³/mol. The summed E-state index contributed by atoms with van der Waals surface area (Å²) in [6.45, 7) is 6.82. The zero-order valence-corrected chi connectivity index (χ0v) is 7.10. The molecule has 0 aliphatic heterocycles. The van der Waals surface area contributed by atoms with Crippen molar-refractivity contribution in [3.63, 3.8) is 0 Å². The molecule has 0 radical (unpaired) electrons. The largest absolute Gasteiger partial charge is 0.465 e. The number of ether oxygens (including phenoxy) is 1. The molecule has 13 heavy (non-hydrogen) atoms. The van der Waals surface area contributed by atoms with Crippen LogP contribution >= 0.6 is 0 Å². The SMILES string of the molecule is C=CC(=O)OC(C=C)c1ccco1. The molecule has 0 bridgehead atoms. The van der Waals surface area contributed by atoms with Crippen molar-refractivity contribution in [2.75, 3.05) is 0 Å². The first-order valence-corrected chi connectivity index (χ1v) is 3.77. The molecule has 0 aromatic carbocycles. The van der Waals surface area contributed by atoms with Crippen LogP contribution in [0.3, 0.4) is 0 Å². The predicted octanol–water partition coefficient (Wildman–Crippen LogP) is 2.24. The first kappa shape index (κ1) is 9.32. The Bertz CT molecular complexity index is 298. The first-order valence-electron chi connectivity index (χ1n) is 3.77. The number of furan rings is 1. The average Bonchev–Trinajstić information content (AvgIpc) is 2.66. The molecule has 0 fully saturated rings. The molecule has 1 unspecified atom stereocenters. The van der Waals surface area contributed by atoms with Gasteiger partial charge in [0.05, 0.1) is 6.26 Å². The second-order valence-electron chi connectivity index (χ2n) is 2.31. The van der Waals surface area contributed by atoms with E-state index in [2.05, 4.69) is 13.2 Å². The molecule has 0 aliphatic carbocycles. The second-order valence-corrected chi connectivity index (χ2v) is 2.31. The van der Waals surface area contributed by atoms with E-state index in [1.807, 2.05) is 0 Å². The van der Waals surface area contributed by atoms with Gasteiger partial charge in [-0.1, -0.05) is 13.2 Å². The van der Waals surface area contributed by atoms with Gasteiger partial charge in [-0.3, -0.25) is 0 Å². The lowest BCUT2D eigenvalue weighted by molar-refractivity contribution is -0.141. The van der Waals surface area contributed by atoms with Gasteiger partial charge in [-0.15, -0.1) is 0 Å². The number of hydrogen-bond donors (Lipinski definition) is 0. The summed E-state index contributed by atoms with van der Waals surface area (Å²) < 4.78 is 9.97. The molecule has 0 amide bonds. The molecule has 3 nitrogen and oxygen atoms in total. The molecule has 0 saturated carbocycles. The zero-order chi connectivity index (χ0) is 9.68. The Morgan fingerprint density at radius 3 is 2.85 bits per heavy atom. The van der Waals surface area contributed by atoms with Gasteiger partial charge in [0.25, 0.3) is 0 Å². The topological polar surface area (TPSA) is 39.4 Å². The summed E-state index contributed by atoms with van der Waals surface area (Å²) in [7, 11) is 0. The van der Waals surface area contributed by atoms with E-state index in [1.165, 1.54) is 12.3 Å². The van der Waals surface area contributed by atoms with Gasteiger partial charge in [0.2, 0.25) is 0 Å². The Morgan fingerprint density at radius 1 is 1.62 bits per heavy atom. The summed E-state index contributed by atoms with van der Waals surface area (Å²) >= 11 is 0. The van der Waals surface area contributed by atoms with Crippen LogP contribution in [-0.4, -0.2) is 5.97 Å². The van der Waals surface area contributed by atoms with Crippen LogP contribution in [-0.2, 0) is 9.53 Å². The molecule has 1 aromatic rings. The third-order valence-electron chi connectivity index (χ3n) is 1.45. The van der Waals surface area contributed by atoms with Crippen LogP contribution in [0.2, 0.25) is 0 Å². The van der Waals surface area contributed by atoms with Crippen molar-refractivity contribution >= 4 is 5.97 Å². The molecule has 1 atom stereocenters. The monoisotopic (exact) mass is 178 g/mol. The summed E-state index contributed by atoms with van der Waals surface area (Å²) in [5.41, 5.74) is 0. The highest BCUT2D eigenvalue weighted by Crippen LogP contribution is 2.18. The molecule has 0 saturated heterocycles. The highest BCUT2D eigenvalue weighted by Gasteiger charge is 2.13. The van der Waals surface area contributed by atoms with Gasteiger partial charge in [0, 0.05) is 6.08 Å². The minimum Gasteiger partial charge on any atom is -0.465 e. The fourth-order valence-electron chi connectivity index (χ4n) is 0.849. The standard InChI is InChI=1S/C10H10O3/c1-3-8(13-10(11)4-2)9-6-5-7-12-9/h3-8H,1-2H2. The van der Waals surface area contributed by atoms with Crippen LogP contribution < -0.4 is 0 Å². The van der Waals surface area contributed by atoms with Crippen LogP contribution in [0.4, 0.5) is 0 Å². The Labute approximate surface area is 76.3 Å².